The zero-order valence-electron chi connectivity index (χ0n) is 9.36. The minimum Gasteiger partial charge on any atom is -0.308 e. The van der Waals surface area contributed by atoms with Crippen LogP contribution in [-0.4, -0.2) is 6.54 Å². The molecule has 1 rings (SSSR count). The molecule has 0 bridgehead atoms. The van der Waals surface area contributed by atoms with E-state index in [0.717, 1.165) is 19.4 Å². The van der Waals surface area contributed by atoms with E-state index in [2.05, 4.69) is 35.8 Å². The van der Waals surface area contributed by atoms with Crippen molar-refractivity contribution in [3.05, 3.63) is 22.4 Å². The third kappa shape index (κ3) is 4.03. The molecule has 0 saturated carbocycles. The van der Waals surface area contributed by atoms with E-state index in [1.54, 1.807) is 11.3 Å². The van der Waals surface area contributed by atoms with Gasteiger partial charge in [-0.15, -0.1) is 11.3 Å². The quantitative estimate of drug-likeness (QED) is 0.801. The fourth-order valence-corrected chi connectivity index (χ4v) is 2.32. The van der Waals surface area contributed by atoms with Gasteiger partial charge in [-0.1, -0.05) is 19.4 Å². The Morgan fingerprint density at radius 3 is 2.93 bits per heavy atom. The Balaban J connectivity index is 2.49. The summed E-state index contributed by atoms with van der Waals surface area (Å²) in [4.78, 5) is 1.38. The van der Waals surface area contributed by atoms with E-state index in [-0.39, 0.29) is 5.92 Å². The molecule has 0 aliphatic carbocycles. The molecule has 82 valence electrons. The van der Waals surface area contributed by atoms with Crippen molar-refractivity contribution in [2.45, 2.75) is 32.7 Å². The molecule has 0 spiro atoms. The van der Waals surface area contributed by atoms with Crippen molar-refractivity contribution in [3.8, 4) is 6.07 Å². The third-order valence-electron chi connectivity index (χ3n) is 2.35. The van der Waals surface area contributed by atoms with Crippen molar-refractivity contribution in [3.63, 3.8) is 0 Å². The molecule has 3 heteroatoms. The van der Waals surface area contributed by atoms with Gasteiger partial charge in [0.2, 0.25) is 0 Å². The summed E-state index contributed by atoms with van der Waals surface area (Å²) in [6.07, 6.45) is 2.30. The second-order valence-corrected chi connectivity index (χ2v) is 4.77. The van der Waals surface area contributed by atoms with Gasteiger partial charge in [-0.25, -0.2) is 0 Å². The molecule has 0 aromatic carbocycles. The molecule has 1 aromatic heterocycles. The topological polar surface area (TPSA) is 35.8 Å². The number of nitriles is 1. The van der Waals surface area contributed by atoms with E-state index >= 15 is 0 Å². The van der Waals surface area contributed by atoms with Crippen LogP contribution in [0.2, 0.25) is 0 Å². The second-order valence-electron chi connectivity index (χ2n) is 3.80. The molecule has 0 amide bonds. The zero-order chi connectivity index (χ0) is 11.1. The molecular formula is C12H18N2S. The average molecular weight is 222 g/mol. The monoisotopic (exact) mass is 222 g/mol. The maximum atomic E-state index is 8.72. The average Bonchev–Trinajstić information content (AvgIpc) is 2.76. The van der Waals surface area contributed by atoms with Crippen molar-refractivity contribution in [1.29, 1.82) is 5.26 Å². The first kappa shape index (κ1) is 12.2. The summed E-state index contributed by atoms with van der Waals surface area (Å²) in [7, 11) is 0. The van der Waals surface area contributed by atoms with Crippen LogP contribution in [0, 0.1) is 17.2 Å². The van der Waals surface area contributed by atoms with Crippen molar-refractivity contribution in [1.82, 2.24) is 5.32 Å². The second kappa shape index (κ2) is 6.60. The molecule has 2 atom stereocenters. The van der Waals surface area contributed by atoms with Crippen molar-refractivity contribution >= 4 is 11.3 Å². The van der Waals surface area contributed by atoms with E-state index < -0.39 is 0 Å². The molecular weight excluding hydrogens is 204 g/mol. The summed E-state index contributed by atoms with van der Waals surface area (Å²) in [5.41, 5.74) is 0. The Hall–Kier alpha value is -0.850. The normalized spacial score (nSPS) is 14.5. The standard InChI is InChI=1S/C12H18N2S/c1-3-5-11(12-6-4-7-15-12)14-9-10(2)8-13/h4,6-7,10-11,14H,3,5,9H2,1-2H3. The molecule has 1 N–H and O–H groups in total. The maximum absolute atomic E-state index is 8.72. The molecule has 0 saturated heterocycles. The summed E-state index contributed by atoms with van der Waals surface area (Å²) < 4.78 is 0. The van der Waals surface area contributed by atoms with Crippen LogP contribution in [0.25, 0.3) is 0 Å². The van der Waals surface area contributed by atoms with Gasteiger partial charge in [0.05, 0.1) is 12.0 Å². The molecule has 2 nitrogen and oxygen atoms in total. The Kier molecular flexibility index (Phi) is 5.38. The van der Waals surface area contributed by atoms with Crippen molar-refractivity contribution in [2.75, 3.05) is 6.54 Å². The van der Waals surface area contributed by atoms with Gasteiger partial charge in [0, 0.05) is 17.5 Å². The van der Waals surface area contributed by atoms with E-state index in [1.807, 2.05) is 6.92 Å². The molecule has 1 aromatic rings. The van der Waals surface area contributed by atoms with Crippen LogP contribution in [0.5, 0.6) is 0 Å². The van der Waals surface area contributed by atoms with E-state index in [0.29, 0.717) is 6.04 Å². The number of hydrogen-bond acceptors (Lipinski definition) is 3. The van der Waals surface area contributed by atoms with E-state index in [1.165, 1.54) is 4.88 Å². The number of hydrogen-bond donors (Lipinski definition) is 1. The highest BCUT2D eigenvalue weighted by atomic mass is 32.1. The minimum atomic E-state index is 0.0873. The predicted molar refractivity (Wildman–Crippen MR) is 64.7 cm³/mol. The molecule has 1 heterocycles. The van der Waals surface area contributed by atoms with Crippen LogP contribution >= 0.6 is 11.3 Å². The first-order valence-corrected chi connectivity index (χ1v) is 6.32. The molecule has 0 aliphatic heterocycles. The van der Waals surface area contributed by atoms with E-state index in [4.69, 9.17) is 5.26 Å². The highest BCUT2D eigenvalue weighted by Gasteiger charge is 2.11. The van der Waals surface area contributed by atoms with Crippen molar-refractivity contribution in [2.24, 2.45) is 5.92 Å². The Labute approximate surface area is 95.9 Å². The lowest BCUT2D eigenvalue weighted by Gasteiger charge is -2.17. The number of nitrogens with one attached hydrogen (secondary N) is 1. The van der Waals surface area contributed by atoms with Gasteiger partial charge in [-0.05, 0) is 24.8 Å². The van der Waals surface area contributed by atoms with Crippen LogP contribution < -0.4 is 5.32 Å². The van der Waals surface area contributed by atoms with Gasteiger partial charge in [0.1, 0.15) is 0 Å². The smallest absolute Gasteiger partial charge is 0.0666 e. The molecule has 0 radical (unpaired) electrons. The number of nitrogens with zero attached hydrogens (tertiary/aromatic N) is 1. The largest absolute Gasteiger partial charge is 0.308 e. The van der Waals surface area contributed by atoms with Crippen LogP contribution in [0.4, 0.5) is 0 Å². The van der Waals surface area contributed by atoms with Gasteiger partial charge in [-0.2, -0.15) is 5.26 Å². The number of thiophene rings is 1. The summed E-state index contributed by atoms with van der Waals surface area (Å²) in [5.74, 6) is 0.0873. The lowest BCUT2D eigenvalue weighted by Crippen LogP contribution is -2.25. The first-order chi connectivity index (χ1) is 7.27. The summed E-state index contributed by atoms with van der Waals surface area (Å²) in [5, 5.41) is 14.3. The summed E-state index contributed by atoms with van der Waals surface area (Å²) in [6, 6.07) is 6.91. The lowest BCUT2D eigenvalue weighted by molar-refractivity contribution is 0.474. The highest BCUT2D eigenvalue weighted by molar-refractivity contribution is 7.10. The van der Waals surface area contributed by atoms with Gasteiger partial charge in [-0.3, -0.25) is 0 Å². The van der Waals surface area contributed by atoms with Gasteiger partial charge < -0.3 is 5.32 Å². The van der Waals surface area contributed by atoms with Crippen LogP contribution in [0.3, 0.4) is 0 Å². The van der Waals surface area contributed by atoms with Crippen LogP contribution in [0.15, 0.2) is 17.5 Å². The first-order valence-electron chi connectivity index (χ1n) is 5.44. The van der Waals surface area contributed by atoms with Crippen molar-refractivity contribution < 1.29 is 0 Å². The predicted octanol–water partition coefficient (Wildman–Crippen LogP) is 3.34. The Bertz CT molecular complexity index is 300. The fraction of sp³-hybridized carbons (Fsp3) is 0.583. The third-order valence-corrected chi connectivity index (χ3v) is 3.34. The fourth-order valence-electron chi connectivity index (χ4n) is 1.49. The van der Waals surface area contributed by atoms with Crippen LogP contribution in [0.1, 0.15) is 37.6 Å². The zero-order valence-corrected chi connectivity index (χ0v) is 10.2. The highest BCUT2D eigenvalue weighted by Crippen LogP contribution is 2.23. The number of rotatable bonds is 6. The van der Waals surface area contributed by atoms with Gasteiger partial charge >= 0.3 is 0 Å². The molecule has 2 unspecified atom stereocenters. The van der Waals surface area contributed by atoms with E-state index in [9.17, 15) is 0 Å². The lowest BCUT2D eigenvalue weighted by atomic mass is 10.1. The molecule has 15 heavy (non-hydrogen) atoms. The summed E-state index contributed by atoms with van der Waals surface area (Å²) >= 11 is 1.78. The van der Waals surface area contributed by atoms with Gasteiger partial charge in [0.15, 0.2) is 0 Å². The summed E-state index contributed by atoms with van der Waals surface area (Å²) in [6.45, 7) is 4.92. The molecule has 0 aliphatic rings. The SMILES string of the molecule is CCCC(NCC(C)C#N)c1cccs1. The Morgan fingerprint density at radius 2 is 2.40 bits per heavy atom. The maximum Gasteiger partial charge on any atom is 0.0666 e. The van der Waals surface area contributed by atoms with Gasteiger partial charge in [0.25, 0.3) is 0 Å². The molecule has 0 fully saturated rings. The Morgan fingerprint density at radius 1 is 1.60 bits per heavy atom. The van der Waals surface area contributed by atoms with Crippen LogP contribution in [-0.2, 0) is 0 Å². The minimum absolute atomic E-state index is 0.0873.